The van der Waals surface area contributed by atoms with Crippen molar-refractivity contribution in [3.63, 3.8) is 0 Å². The largest absolute Gasteiger partial charge is 0.368 e. The lowest BCUT2D eigenvalue weighted by molar-refractivity contribution is -0.124. The minimum absolute atomic E-state index is 0.104. The van der Waals surface area contributed by atoms with Gasteiger partial charge in [-0.15, -0.1) is 0 Å². The lowest BCUT2D eigenvalue weighted by atomic mass is 10.0. The Morgan fingerprint density at radius 2 is 1.87 bits per heavy atom. The van der Waals surface area contributed by atoms with Gasteiger partial charge in [0.1, 0.15) is 6.10 Å². The summed E-state index contributed by atoms with van der Waals surface area (Å²) in [6.07, 6.45) is 1.23. The highest BCUT2D eigenvalue weighted by atomic mass is 16.5. The first-order valence-electron chi connectivity index (χ1n) is 10.7. The van der Waals surface area contributed by atoms with Crippen molar-refractivity contribution in [1.29, 1.82) is 0 Å². The van der Waals surface area contributed by atoms with Gasteiger partial charge in [-0.3, -0.25) is 14.5 Å². The third-order valence-electron chi connectivity index (χ3n) is 5.51. The van der Waals surface area contributed by atoms with Crippen molar-refractivity contribution in [3.8, 4) is 0 Å². The van der Waals surface area contributed by atoms with Crippen molar-refractivity contribution in [2.45, 2.75) is 38.8 Å². The fraction of sp³-hybridized carbons (Fsp3) is 0.417. The molecule has 30 heavy (non-hydrogen) atoms. The van der Waals surface area contributed by atoms with Crippen LogP contribution in [0.1, 0.15) is 48.7 Å². The zero-order valence-electron chi connectivity index (χ0n) is 17.8. The van der Waals surface area contributed by atoms with Crippen molar-refractivity contribution in [3.05, 3.63) is 65.7 Å². The number of carbonyl (C=O) groups is 2. The average molecular weight is 410 g/mol. The second-order valence-corrected chi connectivity index (χ2v) is 7.43. The van der Waals surface area contributed by atoms with E-state index in [9.17, 15) is 9.59 Å². The Balaban J connectivity index is 1.65. The molecule has 2 aromatic rings. The summed E-state index contributed by atoms with van der Waals surface area (Å²) in [5.41, 5.74) is 2.30. The minimum atomic E-state index is -0.400. The quantitative estimate of drug-likeness (QED) is 0.664. The van der Waals surface area contributed by atoms with Crippen molar-refractivity contribution in [2.75, 3.05) is 31.6 Å². The monoisotopic (exact) mass is 409 g/mol. The summed E-state index contributed by atoms with van der Waals surface area (Å²) in [5.74, 6) is -0.313. The van der Waals surface area contributed by atoms with Gasteiger partial charge in [0.25, 0.3) is 11.8 Å². The van der Waals surface area contributed by atoms with Gasteiger partial charge in [-0.1, -0.05) is 50.2 Å². The van der Waals surface area contributed by atoms with E-state index < -0.39 is 6.10 Å². The molecular formula is C24H31N3O3. The molecule has 2 amide bonds. The summed E-state index contributed by atoms with van der Waals surface area (Å²) in [6, 6.07) is 17.4. The summed E-state index contributed by atoms with van der Waals surface area (Å²) >= 11 is 0. The molecular weight excluding hydrogens is 378 g/mol. The van der Waals surface area contributed by atoms with Crippen LogP contribution in [0.3, 0.4) is 0 Å². The Kier molecular flexibility index (Phi) is 7.99. The fourth-order valence-electron chi connectivity index (χ4n) is 3.83. The highest BCUT2D eigenvalue weighted by molar-refractivity contribution is 5.98. The number of nitrogens with one attached hydrogen (secondary N) is 2. The van der Waals surface area contributed by atoms with E-state index in [-0.39, 0.29) is 17.9 Å². The number of hydrogen-bond acceptors (Lipinski definition) is 4. The predicted molar refractivity (Wildman–Crippen MR) is 118 cm³/mol. The van der Waals surface area contributed by atoms with Gasteiger partial charge >= 0.3 is 0 Å². The number of nitrogens with zero attached hydrogens (tertiary/aromatic N) is 1. The van der Waals surface area contributed by atoms with Crippen LogP contribution in [0.25, 0.3) is 0 Å². The van der Waals surface area contributed by atoms with E-state index in [0.29, 0.717) is 24.4 Å². The Morgan fingerprint density at radius 3 is 2.53 bits per heavy atom. The molecule has 3 rings (SSSR count). The molecule has 2 unspecified atom stereocenters. The molecule has 1 aliphatic rings. The number of carbonyl (C=O) groups excluding carboxylic acids is 2. The zero-order valence-corrected chi connectivity index (χ0v) is 17.8. The van der Waals surface area contributed by atoms with Crippen molar-refractivity contribution >= 4 is 17.5 Å². The van der Waals surface area contributed by atoms with E-state index in [2.05, 4.69) is 41.5 Å². The highest BCUT2D eigenvalue weighted by Gasteiger charge is 2.24. The number of ether oxygens (including phenoxy) is 1. The summed E-state index contributed by atoms with van der Waals surface area (Å²) in [6.45, 7) is 7.18. The first-order valence-corrected chi connectivity index (χ1v) is 10.7. The predicted octanol–water partition coefficient (Wildman–Crippen LogP) is 3.62. The second-order valence-electron chi connectivity index (χ2n) is 7.43. The van der Waals surface area contributed by atoms with Gasteiger partial charge in [-0.25, -0.2) is 0 Å². The third kappa shape index (κ3) is 5.68. The van der Waals surface area contributed by atoms with Crippen LogP contribution in [0.5, 0.6) is 0 Å². The summed E-state index contributed by atoms with van der Waals surface area (Å²) in [7, 11) is 0. The molecule has 0 spiro atoms. The van der Waals surface area contributed by atoms with Gasteiger partial charge in [0.05, 0.1) is 6.04 Å². The topological polar surface area (TPSA) is 70.7 Å². The maximum absolute atomic E-state index is 12.8. The van der Waals surface area contributed by atoms with E-state index in [0.717, 1.165) is 25.9 Å². The molecule has 160 valence electrons. The lowest BCUT2D eigenvalue weighted by Gasteiger charge is -2.30. The smallest absolute Gasteiger partial charge is 0.253 e. The minimum Gasteiger partial charge on any atom is -0.368 e. The Bertz CT molecular complexity index is 831. The molecule has 1 aliphatic heterocycles. The summed E-state index contributed by atoms with van der Waals surface area (Å²) in [5, 5.41) is 5.92. The normalized spacial score (nSPS) is 17.0. The molecule has 0 radical (unpaired) electrons. The van der Waals surface area contributed by atoms with Crippen LogP contribution in [0.2, 0.25) is 0 Å². The van der Waals surface area contributed by atoms with Crippen LogP contribution < -0.4 is 10.6 Å². The van der Waals surface area contributed by atoms with Crippen molar-refractivity contribution < 1.29 is 14.3 Å². The van der Waals surface area contributed by atoms with Crippen LogP contribution >= 0.6 is 0 Å². The van der Waals surface area contributed by atoms with Gasteiger partial charge < -0.3 is 15.4 Å². The second kappa shape index (κ2) is 10.9. The standard InChI is InChI=1S/C24H31N3O3/c1-3-27(4-2)21(18-10-6-5-7-11-18)17-25-23(28)19-12-8-13-20(16-19)26-24(29)22-14-9-15-30-22/h5-8,10-13,16,21-22H,3-4,9,14-15,17H2,1-2H3,(H,25,28)(H,26,29). The lowest BCUT2D eigenvalue weighted by Crippen LogP contribution is -2.38. The molecule has 0 aliphatic carbocycles. The molecule has 2 aromatic carbocycles. The van der Waals surface area contributed by atoms with E-state index in [1.807, 2.05) is 18.2 Å². The van der Waals surface area contributed by atoms with Crippen LogP contribution in [-0.2, 0) is 9.53 Å². The number of anilines is 1. The fourth-order valence-corrected chi connectivity index (χ4v) is 3.83. The van der Waals surface area contributed by atoms with Crippen molar-refractivity contribution in [2.24, 2.45) is 0 Å². The summed E-state index contributed by atoms with van der Waals surface area (Å²) in [4.78, 5) is 27.4. The highest BCUT2D eigenvalue weighted by Crippen LogP contribution is 2.20. The third-order valence-corrected chi connectivity index (χ3v) is 5.51. The maximum atomic E-state index is 12.8. The van der Waals surface area contributed by atoms with E-state index >= 15 is 0 Å². The molecule has 0 saturated carbocycles. The number of rotatable bonds is 9. The number of hydrogen-bond donors (Lipinski definition) is 2. The molecule has 1 saturated heterocycles. The molecule has 6 nitrogen and oxygen atoms in total. The Hall–Kier alpha value is -2.70. The van der Waals surface area contributed by atoms with Gasteiger partial charge in [0.15, 0.2) is 0 Å². The molecule has 1 fully saturated rings. The van der Waals surface area contributed by atoms with E-state index in [1.165, 1.54) is 5.56 Å². The first-order chi connectivity index (χ1) is 14.6. The van der Waals surface area contributed by atoms with E-state index in [1.54, 1.807) is 24.3 Å². The van der Waals surface area contributed by atoms with Gasteiger partial charge in [-0.2, -0.15) is 0 Å². The first kappa shape index (κ1) is 22.0. The molecule has 2 N–H and O–H groups in total. The average Bonchev–Trinajstić information content (AvgIpc) is 3.32. The van der Waals surface area contributed by atoms with Crippen molar-refractivity contribution in [1.82, 2.24) is 10.2 Å². The number of benzene rings is 2. The molecule has 2 atom stereocenters. The summed E-state index contributed by atoms with van der Waals surface area (Å²) < 4.78 is 5.42. The Morgan fingerprint density at radius 1 is 1.10 bits per heavy atom. The van der Waals surface area contributed by atoms with Crippen LogP contribution in [0.15, 0.2) is 54.6 Å². The van der Waals surface area contributed by atoms with Gasteiger partial charge in [-0.05, 0) is 49.7 Å². The van der Waals surface area contributed by atoms with Crippen LogP contribution in [0, 0.1) is 0 Å². The number of likely N-dealkylation sites (N-methyl/N-ethyl adjacent to an activating group) is 1. The Labute approximate surface area is 178 Å². The van der Waals surface area contributed by atoms with Gasteiger partial charge in [0.2, 0.25) is 0 Å². The molecule has 1 heterocycles. The van der Waals surface area contributed by atoms with Gasteiger partial charge in [0, 0.05) is 24.4 Å². The molecule has 0 bridgehead atoms. The SMILES string of the molecule is CCN(CC)C(CNC(=O)c1cccc(NC(=O)C2CCCO2)c1)c1ccccc1. The van der Waals surface area contributed by atoms with E-state index in [4.69, 9.17) is 4.74 Å². The molecule has 6 heteroatoms. The van der Waals surface area contributed by atoms with Crippen LogP contribution in [-0.4, -0.2) is 49.1 Å². The van der Waals surface area contributed by atoms with Crippen LogP contribution in [0.4, 0.5) is 5.69 Å². The number of amides is 2. The zero-order chi connectivity index (χ0) is 21.3. The maximum Gasteiger partial charge on any atom is 0.253 e. The molecule has 0 aromatic heterocycles.